The molecule has 5 amide bonds. The highest BCUT2D eigenvalue weighted by atomic mass is 32.1. The minimum Gasteiger partial charge on any atom is -0.382 e. The summed E-state index contributed by atoms with van der Waals surface area (Å²) in [6.45, 7) is 4.00. The fourth-order valence-electron chi connectivity index (χ4n) is 6.55. The van der Waals surface area contributed by atoms with Gasteiger partial charge in [-0.05, 0) is 60.9 Å². The smallest absolute Gasteiger partial charge is 0.242 e. The Morgan fingerprint density at radius 1 is 0.887 bits per heavy atom. The monoisotopic (exact) mass is 747 g/mol. The quantitative estimate of drug-likeness (QED) is 0.169. The number of likely N-dealkylation sites (tertiary alicyclic amines) is 1. The van der Waals surface area contributed by atoms with E-state index in [4.69, 9.17) is 10.5 Å². The molecule has 0 saturated carbocycles. The van der Waals surface area contributed by atoms with E-state index in [0.29, 0.717) is 6.61 Å². The van der Waals surface area contributed by atoms with Crippen LogP contribution >= 0.6 is 11.3 Å². The lowest BCUT2D eigenvalue weighted by molar-refractivity contribution is -0.138. The molecule has 2 heterocycles. The van der Waals surface area contributed by atoms with E-state index >= 15 is 0 Å². The highest BCUT2D eigenvalue weighted by Gasteiger charge is 2.43. The molecule has 1 saturated heterocycles. The Balaban J connectivity index is 1.39. The Hall–Kier alpha value is -4.63. The molecular formula is C39H53N7O6S. The number of likely N-dealkylation sites (N-methyl/N-ethyl adjacent to an activating group) is 1. The lowest BCUT2D eigenvalue weighted by Gasteiger charge is -2.48. The molecule has 0 spiro atoms. The van der Waals surface area contributed by atoms with Crippen LogP contribution in [-0.2, 0) is 41.7 Å². The number of ether oxygens (including phenoxy) is 1. The van der Waals surface area contributed by atoms with Crippen LogP contribution in [0.2, 0.25) is 0 Å². The van der Waals surface area contributed by atoms with Crippen LogP contribution in [0.15, 0.2) is 72.1 Å². The molecule has 13 nitrogen and oxygen atoms in total. The van der Waals surface area contributed by atoms with Gasteiger partial charge in [0.05, 0.1) is 38.3 Å². The second kappa shape index (κ2) is 20.6. The zero-order valence-corrected chi connectivity index (χ0v) is 31.9. The van der Waals surface area contributed by atoms with Crippen molar-refractivity contribution >= 4 is 46.6 Å². The fraction of sp³-hybridized carbons (Fsp3) is 0.462. The van der Waals surface area contributed by atoms with Gasteiger partial charge in [0, 0.05) is 63.9 Å². The van der Waals surface area contributed by atoms with E-state index in [0.717, 1.165) is 55.7 Å². The number of carbonyl (C=O) groups is 5. The normalized spacial score (nSPS) is 13.9. The summed E-state index contributed by atoms with van der Waals surface area (Å²) in [7, 11) is 3.11. The molecule has 1 fully saturated rings. The third kappa shape index (κ3) is 12.2. The number of piperidine rings is 1. The number of rotatable bonds is 19. The third-order valence-electron chi connectivity index (χ3n) is 9.58. The summed E-state index contributed by atoms with van der Waals surface area (Å²) in [4.78, 5) is 73.2. The molecule has 1 aliphatic rings. The van der Waals surface area contributed by atoms with Crippen LogP contribution < -0.4 is 21.3 Å². The number of benzene rings is 2. The van der Waals surface area contributed by atoms with Crippen LogP contribution in [0.4, 0.5) is 5.69 Å². The number of hydrogen-bond acceptors (Lipinski definition) is 9. The van der Waals surface area contributed by atoms with Crippen molar-refractivity contribution in [3.8, 4) is 0 Å². The number of carbonyl (C=O) groups excluding carboxylic acids is 5. The van der Waals surface area contributed by atoms with Gasteiger partial charge in [-0.1, -0.05) is 48.5 Å². The summed E-state index contributed by atoms with van der Waals surface area (Å²) < 4.78 is 5.76. The second-order valence-electron chi connectivity index (χ2n) is 13.4. The van der Waals surface area contributed by atoms with Gasteiger partial charge in [-0.15, -0.1) is 11.3 Å². The number of amides is 5. The largest absolute Gasteiger partial charge is 0.382 e. The van der Waals surface area contributed by atoms with E-state index in [-0.39, 0.29) is 51.6 Å². The van der Waals surface area contributed by atoms with Gasteiger partial charge in [-0.2, -0.15) is 0 Å². The summed E-state index contributed by atoms with van der Waals surface area (Å²) in [6, 6.07) is 21.4. The Kier molecular flexibility index (Phi) is 16.0. The molecule has 0 bridgehead atoms. The SMILES string of the molecule is COCC1(N(C(=O)CCNC(=O)CN(Cc2ccccc2C)C(=O)CNC(=O)CN(C)C(=O)CN)c2ccccc2)CCN(CCc2cccs2)CC1. The number of hydrogen-bond donors (Lipinski definition) is 3. The molecule has 1 aliphatic heterocycles. The molecule has 53 heavy (non-hydrogen) atoms. The number of nitrogens with two attached hydrogens (primary N) is 1. The van der Waals surface area contributed by atoms with Crippen molar-refractivity contribution in [2.45, 2.75) is 44.7 Å². The number of aryl methyl sites for hydroxylation is 1. The molecule has 4 N–H and O–H groups in total. The molecule has 4 rings (SSSR count). The summed E-state index contributed by atoms with van der Waals surface area (Å²) in [5.41, 5.74) is 7.39. The first-order valence-corrected chi connectivity index (χ1v) is 18.8. The molecule has 1 aromatic heterocycles. The van der Waals surface area contributed by atoms with Crippen LogP contribution in [0.25, 0.3) is 0 Å². The van der Waals surface area contributed by atoms with Crippen LogP contribution in [0.1, 0.15) is 35.3 Å². The number of thiophene rings is 1. The van der Waals surface area contributed by atoms with Crippen molar-refractivity contribution in [1.29, 1.82) is 0 Å². The van der Waals surface area contributed by atoms with Crippen molar-refractivity contribution in [1.82, 2.24) is 25.3 Å². The van der Waals surface area contributed by atoms with Gasteiger partial charge < -0.3 is 40.7 Å². The van der Waals surface area contributed by atoms with E-state index in [1.165, 1.54) is 21.7 Å². The van der Waals surface area contributed by atoms with Crippen LogP contribution in [0.3, 0.4) is 0 Å². The molecule has 0 radical (unpaired) electrons. The maximum absolute atomic E-state index is 14.1. The average Bonchev–Trinajstić information content (AvgIpc) is 3.68. The first-order chi connectivity index (χ1) is 25.5. The van der Waals surface area contributed by atoms with Crippen LogP contribution in [0.5, 0.6) is 0 Å². The standard InChI is InChI=1S/C39H53N7O6S/c1-30-10-7-8-11-31(30)26-45(38(51)25-42-34(47)27-43(2)37(50)24-40)28-35(48)41-19-15-36(49)46(32-12-5-4-6-13-32)39(29-52-3)17-21-44(22-18-39)20-16-33-14-9-23-53-33/h4-14,23H,15-22,24-29,40H2,1-3H3,(H,41,48)(H,42,47). The molecule has 286 valence electrons. The molecule has 3 aromatic rings. The van der Waals surface area contributed by atoms with E-state index in [9.17, 15) is 24.0 Å². The van der Waals surface area contributed by atoms with Crippen molar-refractivity contribution in [2.24, 2.45) is 5.73 Å². The predicted octanol–water partition coefficient (Wildman–Crippen LogP) is 2.18. The fourth-order valence-corrected chi connectivity index (χ4v) is 7.25. The van der Waals surface area contributed by atoms with Crippen LogP contribution in [-0.4, -0.2) is 123 Å². The Morgan fingerprint density at radius 2 is 1.58 bits per heavy atom. The van der Waals surface area contributed by atoms with Crippen molar-refractivity contribution in [3.63, 3.8) is 0 Å². The summed E-state index contributed by atoms with van der Waals surface area (Å²) >= 11 is 1.77. The lowest BCUT2D eigenvalue weighted by atomic mass is 9.85. The number of anilines is 1. The summed E-state index contributed by atoms with van der Waals surface area (Å²) in [5.74, 6) is -1.97. The molecule has 14 heteroatoms. The molecule has 0 aliphatic carbocycles. The molecule has 0 unspecified atom stereocenters. The maximum atomic E-state index is 14.1. The van der Waals surface area contributed by atoms with E-state index in [1.807, 2.05) is 66.4 Å². The highest BCUT2D eigenvalue weighted by molar-refractivity contribution is 7.09. The first kappa shape index (κ1) is 41.1. The lowest BCUT2D eigenvalue weighted by Crippen LogP contribution is -2.60. The summed E-state index contributed by atoms with van der Waals surface area (Å²) in [6.07, 6.45) is 2.52. The zero-order chi connectivity index (χ0) is 38.2. The van der Waals surface area contributed by atoms with Crippen molar-refractivity contribution in [2.75, 3.05) is 78.0 Å². The van der Waals surface area contributed by atoms with E-state index in [1.54, 1.807) is 18.4 Å². The number of methoxy groups -OCH3 is 1. The van der Waals surface area contributed by atoms with E-state index < -0.39 is 29.2 Å². The first-order valence-electron chi connectivity index (χ1n) is 18.0. The molecule has 2 aromatic carbocycles. The zero-order valence-electron chi connectivity index (χ0n) is 31.1. The van der Waals surface area contributed by atoms with Gasteiger partial charge in [-0.3, -0.25) is 24.0 Å². The summed E-state index contributed by atoms with van der Waals surface area (Å²) in [5, 5.41) is 7.47. The average molecular weight is 748 g/mol. The van der Waals surface area contributed by atoms with E-state index in [2.05, 4.69) is 33.0 Å². The van der Waals surface area contributed by atoms with Gasteiger partial charge in [-0.25, -0.2) is 0 Å². The number of nitrogens with zero attached hydrogens (tertiary/aromatic N) is 4. The second-order valence-corrected chi connectivity index (χ2v) is 14.4. The maximum Gasteiger partial charge on any atom is 0.242 e. The third-order valence-corrected chi connectivity index (χ3v) is 10.5. The van der Waals surface area contributed by atoms with Gasteiger partial charge >= 0.3 is 0 Å². The van der Waals surface area contributed by atoms with Gasteiger partial charge in [0.25, 0.3) is 0 Å². The minimum absolute atomic E-state index is 0.0467. The number of nitrogens with one attached hydrogen (secondary N) is 2. The van der Waals surface area contributed by atoms with Crippen molar-refractivity contribution in [3.05, 3.63) is 88.1 Å². The highest BCUT2D eigenvalue weighted by Crippen LogP contribution is 2.34. The van der Waals surface area contributed by atoms with Crippen molar-refractivity contribution < 1.29 is 28.7 Å². The molecule has 0 atom stereocenters. The Labute approximate surface area is 316 Å². The van der Waals surface area contributed by atoms with Gasteiger partial charge in [0.15, 0.2) is 0 Å². The minimum atomic E-state index is -0.551. The predicted molar refractivity (Wildman–Crippen MR) is 206 cm³/mol. The Bertz CT molecular complexity index is 1650. The van der Waals surface area contributed by atoms with Gasteiger partial charge in [0.1, 0.15) is 0 Å². The Morgan fingerprint density at radius 3 is 2.25 bits per heavy atom. The van der Waals surface area contributed by atoms with Crippen LogP contribution in [0, 0.1) is 6.92 Å². The molecular weight excluding hydrogens is 695 g/mol. The van der Waals surface area contributed by atoms with Gasteiger partial charge in [0.2, 0.25) is 29.5 Å². The number of para-hydroxylation sites is 1. The topological polar surface area (TPSA) is 158 Å².